The van der Waals surface area contributed by atoms with E-state index in [1.54, 1.807) is 0 Å². The SMILES string of the molecule is CC(CNC(=O)C1CNCCO1)Oc1ccccc1Br. The Morgan fingerprint density at radius 2 is 2.40 bits per heavy atom. The maximum atomic E-state index is 11.9. The third kappa shape index (κ3) is 4.47. The smallest absolute Gasteiger partial charge is 0.250 e. The number of para-hydroxylation sites is 1. The number of morpholine rings is 1. The lowest BCUT2D eigenvalue weighted by Crippen LogP contribution is -2.49. The molecule has 0 aromatic heterocycles. The van der Waals surface area contributed by atoms with E-state index >= 15 is 0 Å². The van der Waals surface area contributed by atoms with Gasteiger partial charge < -0.3 is 20.1 Å². The van der Waals surface area contributed by atoms with Crippen molar-refractivity contribution in [1.82, 2.24) is 10.6 Å². The molecule has 5 nitrogen and oxygen atoms in total. The summed E-state index contributed by atoms with van der Waals surface area (Å²) >= 11 is 3.43. The first kappa shape index (κ1) is 15.3. The van der Waals surface area contributed by atoms with Gasteiger partial charge in [0.2, 0.25) is 0 Å². The molecule has 2 rings (SSSR count). The van der Waals surface area contributed by atoms with Crippen LogP contribution >= 0.6 is 15.9 Å². The normalized spacial score (nSPS) is 20.2. The van der Waals surface area contributed by atoms with Crippen molar-refractivity contribution in [3.8, 4) is 5.75 Å². The minimum absolute atomic E-state index is 0.0974. The van der Waals surface area contributed by atoms with Gasteiger partial charge in [-0.25, -0.2) is 0 Å². The number of hydrogen-bond donors (Lipinski definition) is 2. The summed E-state index contributed by atoms with van der Waals surface area (Å²) in [7, 11) is 0. The van der Waals surface area contributed by atoms with Crippen molar-refractivity contribution in [3.05, 3.63) is 28.7 Å². The van der Waals surface area contributed by atoms with Gasteiger partial charge in [-0.1, -0.05) is 12.1 Å². The fourth-order valence-corrected chi connectivity index (χ4v) is 2.27. The number of ether oxygens (including phenoxy) is 2. The van der Waals surface area contributed by atoms with Crippen LogP contribution in [0.3, 0.4) is 0 Å². The third-order valence-electron chi connectivity index (χ3n) is 2.95. The predicted molar refractivity (Wildman–Crippen MR) is 79.9 cm³/mol. The second-order valence-electron chi connectivity index (χ2n) is 4.67. The average Bonchev–Trinajstić information content (AvgIpc) is 2.48. The predicted octanol–water partition coefficient (Wildman–Crippen LogP) is 1.32. The van der Waals surface area contributed by atoms with E-state index < -0.39 is 6.10 Å². The number of amides is 1. The number of benzene rings is 1. The highest BCUT2D eigenvalue weighted by atomic mass is 79.9. The molecule has 1 aromatic carbocycles. The fourth-order valence-electron chi connectivity index (χ4n) is 1.89. The van der Waals surface area contributed by atoms with E-state index in [0.29, 0.717) is 19.7 Å². The van der Waals surface area contributed by atoms with Gasteiger partial charge >= 0.3 is 0 Å². The molecule has 0 aliphatic carbocycles. The van der Waals surface area contributed by atoms with E-state index in [-0.39, 0.29) is 12.0 Å². The Bertz CT molecular complexity index is 450. The van der Waals surface area contributed by atoms with Crippen molar-refractivity contribution in [2.24, 2.45) is 0 Å². The highest BCUT2D eigenvalue weighted by Crippen LogP contribution is 2.24. The topological polar surface area (TPSA) is 59.6 Å². The molecule has 1 aliphatic rings. The highest BCUT2D eigenvalue weighted by molar-refractivity contribution is 9.10. The minimum Gasteiger partial charge on any atom is -0.488 e. The summed E-state index contributed by atoms with van der Waals surface area (Å²) in [6.07, 6.45) is -0.520. The summed E-state index contributed by atoms with van der Waals surface area (Å²) in [6, 6.07) is 7.64. The van der Waals surface area contributed by atoms with Gasteiger partial charge in [-0.15, -0.1) is 0 Å². The van der Waals surface area contributed by atoms with Crippen molar-refractivity contribution in [3.63, 3.8) is 0 Å². The van der Waals surface area contributed by atoms with E-state index in [1.807, 2.05) is 31.2 Å². The van der Waals surface area contributed by atoms with Crippen molar-refractivity contribution < 1.29 is 14.3 Å². The molecular weight excluding hydrogens is 324 g/mol. The zero-order valence-corrected chi connectivity index (χ0v) is 13.0. The van der Waals surface area contributed by atoms with E-state index in [1.165, 1.54) is 0 Å². The lowest BCUT2D eigenvalue weighted by molar-refractivity contribution is -0.134. The lowest BCUT2D eigenvalue weighted by atomic mass is 10.2. The molecular formula is C14H19BrN2O3. The third-order valence-corrected chi connectivity index (χ3v) is 3.60. The van der Waals surface area contributed by atoms with E-state index in [4.69, 9.17) is 9.47 Å². The first-order valence-corrected chi connectivity index (χ1v) is 7.47. The van der Waals surface area contributed by atoms with Crippen LogP contribution in [-0.2, 0) is 9.53 Å². The Morgan fingerprint density at radius 3 is 3.10 bits per heavy atom. The van der Waals surface area contributed by atoms with Crippen LogP contribution in [0.5, 0.6) is 5.75 Å². The monoisotopic (exact) mass is 342 g/mol. The second-order valence-corrected chi connectivity index (χ2v) is 5.52. The quantitative estimate of drug-likeness (QED) is 0.847. The first-order chi connectivity index (χ1) is 9.66. The number of carbonyl (C=O) groups excluding carboxylic acids is 1. The molecule has 1 heterocycles. The van der Waals surface area contributed by atoms with Crippen LogP contribution in [-0.4, -0.2) is 44.4 Å². The summed E-state index contributed by atoms with van der Waals surface area (Å²) in [4.78, 5) is 11.9. The number of nitrogens with one attached hydrogen (secondary N) is 2. The number of carbonyl (C=O) groups is 1. The number of halogens is 1. The number of rotatable bonds is 5. The van der Waals surface area contributed by atoms with Gasteiger partial charge in [-0.05, 0) is 35.0 Å². The molecule has 6 heteroatoms. The summed E-state index contributed by atoms with van der Waals surface area (Å²) in [5, 5.41) is 5.98. The van der Waals surface area contributed by atoms with Crippen LogP contribution in [0.25, 0.3) is 0 Å². The zero-order chi connectivity index (χ0) is 14.4. The maximum absolute atomic E-state index is 11.9. The molecule has 1 aromatic rings. The molecule has 110 valence electrons. The molecule has 20 heavy (non-hydrogen) atoms. The van der Waals surface area contributed by atoms with Crippen LogP contribution in [0, 0.1) is 0 Å². The minimum atomic E-state index is -0.403. The van der Waals surface area contributed by atoms with E-state index in [9.17, 15) is 4.79 Å². The molecule has 2 unspecified atom stereocenters. The average molecular weight is 343 g/mol. The molecule has 1 saturated heterocycles. The van der Waals surface area contributed by atoms with E-state index in [2.05, 4.69) is 26.6 Å². The first-order valence-electron chi connectivity index (χ1n) is 6.68. The molecule has 0 spiro atoms. The van der Waals surface area contributed by atoms with Gasteiger partial charge in [0.1, 0.15) is 18.0 Å². The van der Waals surface area contributed by atoms with Gasteiger partial charge in [0.15, 0.2) is 0 Å². The Labute approximate surface area is 127 Å². The van der Waals surface area contributed by atoms with Gasteiger partial charge in [-0.3, -0.25) is 4.79 Å². The summed E-state index contributed by atoms with van der Waals surface area (Å²) in [6.45, 7) is 4.29. The van der Waals surface area contributed by atoms with Crippen molar-refractivity contribution in [1.29, 1.82) is 0 Å². The second kappa shape index (κ2) is 7.61. The van der Waals surface area contributed by atoms with Crippen LogP contribution in [0.4, 0.5) is 0 Å². The van der Waals surface area contributed by atoms with Gasteiger partial charge in [0.25, 0.3) is 5.91 Å². The molecule has 2 atom stereocenters. The summed E-state index contributed by atoms with van der Waals surface area (Å²) in [5.74, 6) is 0.671. The maximum Gasteiger partial charge on any atom is 0.250 e. The molecule has 1 fully saturated rings. The van der Waals surface area contributed by atoms with Crippen molar-refractivity contribution in [2.45, 2.75) is 19.1 Å². The Kier molecular flexibility index (Phi) is 5.82. The van der Waals surface area contributed by atoms with Crippen LogP contribution in [0.1, 0.15) is 6.92 Å². The van der Waals surface area contributed by atoms with Gasteiger partial charge in [0, 0.05) is 13.1 Å². The van der Waals surface area contributed by atoms with Crippen LogP contribution in [0.15, 0.2) is 28.7 Å². The standard InChI is InChI=1S/C14H19BrN2O3/c1-10(20-12-5-3-2-4-11(12)15)8-17-14(18)13-9-16-6-7-19-13/h2-5,10,13,16H,6-9H2,1H3,(H,17,18). The van der Waals surface area contributed by atoms with Crippen LogP contribution in [0.2, 0.25) is 0 Å². The van der Waals surface area contributed by atoms with Gasteiger partial charge in [0.05, 0.1) is 17.6 Å². The lowest BCUT2D eigenvalue weighted by Gasteiger charge is -2.23. The summed E-state index contributed by atoms with van der Waals surface area (Å²) in [5.41, 5.74) is 0. The molecule has 0 bridgehead atoms. The van der Waals surface area contributed by atoms with E-state index in [0.717, 1.165) is 16.8 Å². The molecule has 0 radical (unpaired) electrons. The fraction of sp³-hybridized carbons (Fsp3) is 0.500. The highest BCUT2D eigenvalue weighted by Gasteiger charge is 2.21. The number of hydrogen-bond acceptors (Lipinski definition) is 4. The summed E-state index contributed by atoms with van der Waals surface area (Å²) < 4.78 is 12.1. The van der Waals surface area contributed by atoms with Gasteiger partial charge in [-0.2, -0.15) is 0 Å². The van der Waals surface area contributed by atoms with Crippen molar-refractivity contribution >= 4 is 21.8 Å². The molecule has 1 amide bonds. The molecule has 1 aliphatic heterocycles. The molecule has 0 saturated carbocycles. The van der Waals surface area contributed by atoms with Crippen LogP contribution < -0.4 is 15.4 Å². The zero-order valence-electron chi connectivity index (χ0n) is 11.4. The van der Waals surface area contributed by atoms with Crippen molar-refractivity contribution in [2.75, 3.05) is 26.2 Å². The largest absolute Gasteiger partial charge is 0.488 e. The Balaban J connectivity index is 1.76. The Hall–Kier alpha value is -1.11. The molecule has 2 N–H and O–H groups in total. The Morgan fingerprint density at radius 1 is 1.60 bits per heavy atom.